The van der Waals surface area contributed by atoms with E-state index in [0.29, 0.717) is 11.3 Å². The van der Waals surface area contributed by atoms with E-state index in [-0.39, 0.29) is 0 Å². The maximum Gasteiger partial charge on any atom is 0.339 e. The normalized spacial score (nSPS) is 11.4. The van der Waals surface area contributed by atoms with E-state index in [1.807, 2.05) is 36.4 Å². The fourth-order valence-electron chi connectivity index (χ4n) is 2.85. The predicted molar refractivity (Wildman–Crippen MR) is 100 cm³/mol. The molecule has 1 N–H and O–H groups in total. The molecule has 0 amide bonds. The number of rotatable bonds is 4. The van der Waals surface area contributed by atoms with Gasteiger partial charge in [-0.25, -0.2) is 4.79 Å². The summed E-state index contributed by atoms with van der Waals surface area (Å²) in [6.07, 6.45) is 1.51. The number of carbonyl (C=O) groups is 1. The second-order valence-electron chi connectivity index (χ2n) is 6.60. The quantitative estimate of drug-likeness (QED) is 0.722. The Morgan fingerprint density at radius 2 is 1.77 bits per heavy atom. The third kappa shape index (κ3) is 3.39. The molecule has 5 nitrogen and oxygen atoms in total. The Morgan fingerprint density at radius 1 is 1.08 bits per heavy atom. The molecular weight excluding hydrogens is 330 g/mol. The highest BCUT2D eigenvalue weighted by atomic mass is 16.5. The number of methoxy groups -OCH3 is 2. The molecule has 3 aromatic rings. The number of benzene rings is 2. The molecule has 0 fully saturated rings. The van der Waals surface area contributed by atoms with Crippen molar-refractivity contribution in [2.75, 3.05) is 14.2 Å². The molecular formula is C21H21NO4. The van der Waals surface area contributed by atoms with Crippen LogP contribution in [0, 0.1) is 0 Å². The number of fused-ring (bicyclic) bond motifs is 1. The highest BCUT2D eigenvalue weighted by Crippen LogP contribution is 2.33. The molecule has 0 unspecified atom stereocenters. The van der Waals surface area contributed by atoms with Gasteiger partial charge in [-0.2, -0.15) is 0 Å². The van der Waals surface area contributed by atoms with Crippen LogP contribution in [-0.2, 0) is 10.3 Å². The van der Waals surface area contributed by atoms with Gasteiger partial charge in [0.25, 0.3) is 0 Å². The maximum absolute atomic E-state index is 11.8. The fourth-order valence-corrected chi connectivity index (χ4v) is 2.85. The molecule has 0 aliphatic carbocycles. The van der Waals surface area contributed by atoms with Gasteiger partial charge in [0.2, 0.25) is 0 Å². The molecule has 0 atom stereocenters. The first-order valence-electron chi connectivity index (χ1n) is 8.23. The van der Waals surface area contributed by atoms with Gasteiger partial charge in [-0.1, -0.05) is 24.3 Å². The van der Waals surface area contributed by atoms with Crippen LogP contribution in [0.5, 0.6) is 5.75 Å². The first kappa shape index (κ1) is 17.9. The number of nitrogens with zero attached hydrogens (tertiary/aromatic N) is 1. The number of hydrogen-bond donors (Lipinski definition) is 1. The number of pyridine rings is 1. The monoisotopic (exact) mass is 351 g/mol. The molecule has 1 aromatic heterocycles. The standard InChI is InChI=1S/C21H21NO4/c1-21(2,24)16-7-5-13(6-8-16)18-11-17(25-3)10-14-9-15(20(23)26-4)12-22-19(14)18/h5-12,24H,1-4H3. The van der Waals surface area contributed by atoms with E-state index in [9.17, 15) is 9.90 Å². The van der Waals surface area contributed by atoms with E-state index in [2.05, 4.69) is 4.98 Å². The van der Waals surface area contributed by atoms with Crippen LogP contribution in [0.4, 0.5) is 0 Å². The van der Waals surface area contributed by atoms with Crippen LogP contribution < -0.4 is 4.74 Å². The lowest BCUT2D eigenvalue weighted by Crippen LogP contribution is -2.14. The Bertz CT molecular complexity index is 956. The third-order valence-electron chi connectivity index (χ3n) is 4.32. The Morgan fingerprint density at radius 3 is 2.35 bits per heavy atom. The Labute approximate surface area is 152 Å². The fraction of sp³-hybridized carbons (Fsp3) is 0.238. The zero-order chi connectivity index (χ0) is 18.9. The van der Waals surface area contributed by atoms with Crippen LogP contribution in [0.2, 0.25) is 0 Å². The number of esters is 1. The molecule has 5 heteroatoms. The summed E-state index contributed by atoms with van der Waals surface area (Å²) in [5.41, 5.74) is 2.90. The molecule has 0 bridgehead atoms. The van der Waals surface area contributed by atoms with Crippen molar-refractivity contribution in [3.63, 3.8) is 0 Å². The van der Waals surface area contributed by atoms with Crippen molar-refractivity contribution in [2.45, 2.75) is 19.4 Å². The van der Waals surface area contributed by atoms with Gasteiger partial charge in [0.1, 0.15) is 5.75 Å². The lowest BCUT2D eigenvalue weighted by molar-refractivity contribution is 0.0600. The van der Waals surface area contributed by atoms with E-state index >= 15 is 0 Å². The van der Waals surface area contributed by atoms with Crippen molar-refractivity contribution in [3.05, 3.63) is 59.8 Å². The molecule has 0 spiro atoms. The van der Waals surface area contributed by atoms with Gasteiger partial charge in [0, 0.05) is 17.1 Å². The van der Waals surface area contributed by atoms with Gasteiger partial charge in [-0.3, -0.25) is 4.98 Å². The zero-order valence-electron chi connectivity index (χ0n) is 15.2. The van der Waals surface area contributed by atoms with E-state index in [1.165, 1.54) is 13.3 Å². The van der Waals surface area contributed by atoms with Crippen molar-refractivity contribution in [3.8, 4) is 16.9 Å². The Kier molecular flexibility index (Phi) is 4.66. The first-order valence-corrected chi connectivity index (χ1v) is 8.23. The van der Waals surface area contributed by atoms with Crippen molar-refractivity contribution < 1.29 is 19.4 Å². The lowest BCUT2D eigenvalue weighted by atomic mass is 9.94. The number of aliphatic hydroxyl groups is 1. The minimum Gasteiger partial charge on any atom is -0.497 e. The van der Waals surface area contributed by atoms with E-state index in [1.54, 1.807) is 27.0 Å². The maximum atomic E-state index is 11.8. The molecule has 0 saturated heterocycles. The molecule has 0 saturated carbocycles. The number of hydrogen-bond acceptors (Lipinski definition) is 5. The summed E-state index contributed by atoms with van der Waals surface area (Å²) in [5.74, 6) is 0.237. The van der Waals surface area contributed by atoms with Crippen LogP contribution in [0.1, 0.15) is 29.8 Å². The molecule has 0 aliphatic rings. The zero-order valence-corrected chi connectivity index (χ0v) is 15.2. The Balaban J connectivity index is 2.17. The molecule has 0 aliphatic heterocycles. The smallest absolute Gasteiger partial charge is 0.339 e. The largest absolute Gasteiger partial charge is 0.497 e. The summed E-state index contributed by atoms with van der Waals surface area (Å²) in [4.78, 5) is 16.2. The van der Waals surface area contributed by atoms with Gasteiger partial charge < -0.3 is 14.6 Å². The molecule has 26 heavy (non-hydrogen) atoms. The van der Waals surface area contributed by atoms with Crippen molar-refractivity contribution in [1.29, 1.82) is 0 Å². The summed E-state index contributed by atoms with van der Waals surface area (Å²) < 4.78 is 10.2. The van der Waals surface area contributed by atoms with Crippen molar-refractivity contribution in [1.82, 2.24) is 4.98 Å². The number of ether oxygens (including phenoxy) is 2. The number of aromatic nitrogens is 1. The molecule has 2 aromatic carbocycles. The van der Waals surface area contributed by atoms with Gasteiger partial charge in [-0.05, 0) is 43.2 Å². The third-order valence-corrected chi connectivity index (χ3v) is 4.32. The van der Waals surface area contributed by atoms with Gasteiger partial charge >= 0.3 is 5.97 Å². The Hall–Kier alpha value is -2.92. The van der Waals surface area contributed by atoms with Crippen LogP contribution in [0.3, 0.4) is 0 Å². The highest BCUT2D eigenvalue weighted by Gasteiger charge is 2.17. The van der Waals surface area contributed by atoms with Gasteiger partial charge in [0.05, 0.1) is 30.9 Å². The lowest BCUT2D eigenvalue weighted by Gasteiger charge is -2.18. The summed E-state index contributed by atoms with van der Waals surface area (Å²) in [6.45, 7) is 3.50. The summed E-state index contributed by atoms with van der Waals surface area (Å²) in [7, 11) is 2.94. The molecule has 3 rings (SSSR count). The van der Waals surface area contributed by atoms with Crippen LogP contribution in [0.15, 0.2) is 48.7 Å². The number of carbonyl (C=O) groups excluding carboxylic acids is 1. The van der Waals surface area contributed by atoms with Gasteiger partial charge in [0.15, 0.2) is 0 Å². The summed E-state index contributed by atoms with van der Waals surface area (Å²) >= 11 is 0. The summed E-state index contributed by atoms with van der Waals surface area (Å²) in [6, 6.07) is 13.2. The SMILES string of the molecule is COC(=O)c1cnc2c(-c3ccc(C(C)(C)O)cc3)cc(OC)cc2c1. The summed E-state index contributed by atoms with van der Waals surface area (Å²) in [5, 5.41) is 10.9. The molecule has 134 valence electrons. The van der Waals surface area contributed by atoms with E-state index in [0.717, 1.165) is 27.6 Å². The molecule has 1 heterocycles. The average molecular weight is 351 g/mol. The van der Waals surface area contributed by atoms with Gasteiger partial charge in [-0.15, -0.1) is 0 Å². The second-order valence-corrected chi connectivity index (χ2v) is 6.60. The highest BCUT2D eigenvalue weighted by molar-refractivity contribution is 5.99. The second kappa shape index (κ2) is 6.77. The first-order chi connectivity index (χ1) is 12.3. The molecule has 0 radical (unpaired) electrons. The van der Waals surface area contributed by atoms with Crippen molar-refractivity contribution in [2.24, 2.45) is 0 Å². The topological polar surface area (TPSA) is 68.7 Å². The van der Waals surface area contributed by atoms with Crippen LogP contribution in [0.25, 0.3) is 22.0 Å². The van der Waals surface area contributed by atoms with E-state index < -0.39 is 11.6 Å². The van der Waals surface area contributed by atoms with Crippen molar-refractivity contribution >= 4 is 16.9 Å². The minimum atomic E-state index is -0.900. The van der Waals surface area contributed by atoms with Crippen LogP contribution in [-0.4, -0.2) is 30.3 Å². The van der Waals surface area contributed by atoms with Crippen LogP contribution >= 0.6 is 0 Å². The van der Waals surface area contributed by atoms with E-state index in [4.69, 9.17) is 9.47 Å². The average Bonchev–Trinajstić information content (AvgIpc) is 2.65. The minimum absolute atomic E-state index is 0.386. The predicted octanol–water partition coefficient (Wildman–Crippen LogP) is 3.92.